The third kappa shape index (κ3) is 3.18. The molecule has 2 heterocycles. The fraction of sp³-hybridized carbons (Fsp3) is 0.545. The van der Waals surface area contributed by atoms with Crippen molar-refractivity contribution in [2.75, 3.05) is 31.7 Å². The van der Waals surface area contributed by atoms with Crippen LogP contribution in [0.3, 0.4) is 0 Å². The standard InChI is InChI=1S/C11H16N2O2/c1-9-3-2-4-11(13-9)12-7-10-8-14-5-6-15-10/h2-4,10H,5-8H2,1H3,(H,12,13). The van der Waals surface area contributed by atoms with Crippen molar-refractivity contribution in [3.8, 4) is 0 Å². The van der Waals surface area contributed by atoms with Crippen molar-refractivity contribution in [2.45, 2.75) is 13.0 Å². The lowest BCUT2D eigenvalue weighted by atomic mass is 10.3. The predicted molar refractivity (Wildman–Crippen MR) is 58.0 cm³/mol. The summed E-state index contributed by atoms with van der Waals surface area (Å²) in [5.74, 6) is 0.893. The van der Waals surface area contributed by atoms with Crippen LogP contribution in [-0.2, 0) is 9.47 Å². The number of hydrogen-bond donors (Lipinski definition) is 1. The largest absolute Gasteiger partial charge is 0.376 e. The van der Waals surface area contributed by atoms with E-state index in [1.54, 1.807) is 0 Å². The van der Waals surface area contributed by atoms with Gasteiger partial charge in [0.2, 0.25) is 0 Å². The number of anilines is 1. The van der Waals surface area contributed by atoms with E-state index in [-0.39, 0.29) is 6.10 Å². The number of rotatable bonds is 3. The van der Waals surface area contributed by atoms with E-state index in [0.29, 0.717) is 19.8 Å². The summed E-state index contributed by atoms with van der Waals surface area (Å²) in [7, 11) is 0. The lowest BCUT2D eigenvalue weighted by Crippen LogP contribution is -2.34. The second-order valence-corrected chi connectivity index (χ2v) is 3.61. The molecule has 0 aliphatic carbocycles. The van der Waals surface area contributed by atoms with Crippen LogP contribution in [0.5, 0.6) is 0 Å². The van der Waals surface area contributed by atoms with Crippen LogP contribution in [0.25, 0.3) is 0 Å². The minimum atomic E-state index is 0.140. The van der Waals surface area contributed by atoms with Crippen LogP contribution in [-0.4, -0.2) is 37.5 Å². The van der Waals surface area contributed by atoms with E-state index in [0.717, 1.165) is 18.1 Å². The highest BCUT2D eigenvalue weighted by Gasteiger charge is 2.13. The van der Waals surface area contributed by atoms with Gasteiger partial charge in [-0.1, -0.05) is 6.07 Å². The first-order chi connectivity index (χ1) is 7.34. The van der Waals surface area contributed by atoms with Gasteiger partial charge in [0.15, 0.2) is 0 Å². The number of aryl methyl sites for hydroxylation is 1. The first kappa shape index (κ1) is 10.4. The molecule has 1 unspecified atom stereocenters. The highest BCUT2D eigenvalue weighted by molar-refractivity contribution is 5.35. The van der Waals surface area contributed by atoms with E-state index < -0.39 is 0 Å². The fourth-order valence-corrected chi connectivity index (χ4v) is 1.51. The Kier molecular flexibility index (Phi) is 3.53. The van der Waals surface area contributed by atoms with Gasteiger partial charge < -0.3 is 14.8 Å². The van der Waals surface area contributed by atoms with Crippen molar-refractivity contribution in [1.82, 2.24) is 4.98 Å². The zero-order valence-electron chi connectivity index (χ0n) is 8.90. The molecular weight excluding hydrogens is 192 g/mol. The molecule has 1 N–H and O–H groups in total. The average molecular weight is 208 g/mol. The number of pyridine rings is 1. The molecule has 1 aliphatic heterocycles. The van der Waals surface area contributed by atoms with E-state index in [2.05, 4.69) is 10.3 Å². The Morgan fingerprint density at radius 1 is 1.47 bits per heavy atom. The molecule has 1 aromatic heterocycles. The van der Waals surface area contributed by atoms with Gasteiger partial charge >= 0.3 is 0 Å². The van der Waals surface area contributed by atoms with Crippen molar-refractivity contribution >= 4 is 5.82 Å². The lowest BCUT2D eigenvalue weighted by Gasteiger charge is -2.23. The summed E-state index contributed by atoms with van der Waals surface area (Å²) < 4.78 is 10.8. The molecule has 15 heavy (non-hydrogen) atoms. The molecular formula is C11H16N2O2. The van der Waals surface area contributed by atoms with E-state index in [1.165, 1.54) is 0 Å². The summed E-state index contributed by atoms with van der Waals surface area (Å²) in [4.78, 5) is 4.35. The molecule has 1 aliphatic rings. The van der Waals surface area contributed by atoms with Gasteiger partial charge in [-0.05, 0) is 19.1 Å². The first-order valence-corrected chi connectivity index (χ1v) is 5.21. The van der Waals surface area contributed by atoms with E-state index in [4.69, 9.17) is 9.47 Å². The summed E-state index contributed by atoms with van der Waals surface area (Å²) in [6.45, 7) is 4.79. The number of nitrogens with one attached hydrogen (secondary N) is 1. The maximum absolute atomic E-state index is 5.51. The molecule has 0 radical (unpaired) electrons. The molecule has 2 rings (SSSR count). The van der Waals surface area contributed by atoms with Crippen molar-refractivity contribution < 1.29 is 9.47 Å². The van der Waals surface area contributed by atoms with Crippen molar-refractivity contribution in [3.63, 3.8) is 0 Å². The van der Waals surface area contributed by atoms with Gasteiger partial charge in [0.05, 0.1) is 25.9 Å². The lowest BCUT2D eigenvalue weighted by molar-refractivity contribution is -0.0819. The van der Waals surface area contributed by atoms with Crippen LogP contribution < -0.4 is 5.32 Å². The third-order valence-corrected chi connectivity index (χ3v) is 2.28. The van der Waals surface area contributed by atoms with Gasteiger partial charge in [-0.2, -0.15) is 0 Å². The van der Waals surface area contributed by atoms with Crippen LogP contribution in [0.15, 0.2) is 18.2 Å². The molecule has 82 valence electrons. The van der Waals surface area contributed by atoms with E-state index in [1.807, 2.05) is 25.1 Å². The summed E-state index contributed by atoms with van der Waals surface area (Å²) in [5.41, 5.74) is 1.01. The summed E-state index contributed by atoms with van der Waals surface area (Å²) >= 11 is 0. The quantitative estimate of drug-likeness (QED) is 0.811. The van der Waals surface area contributed by atoms with Gasteiger partial charge in [0, 0.05) is 12.2 Å². The minimum absolute atomic E-state index is 0.140. The molecule has 1 fully saturated rings. The molecule has 1 saturated heterocycles. The van der Waals surface area contributed by atoms with E-state index in [9.17, 15) is 0 Å². The zero-order chi connectivity index (χ0) is 10.5. The first-order valence-electron chi connectivity index (χ1n) is 5.21. The Morgan fingerprint density at radius 3 is 3.13 bits per heavy atom. The topological polar surface area (TPSA) is 43.4 Å². The van der Waals surface area contributed by atoms with Crippen molar-refractivity contribution in [2.24, 2.45) is 0 Å². The van der Waals surface area contributed by atoms with Crippen LogP contribution in [0.1, 0.15) is 5.69 Å². The predicted octanol–water partition coefficient (Wildman–Crippen LogP) is 1.22. The summed E-state index contributed by atoms with van der Waals surface area (Å²) in [6, 6.07) is 5.92. The monoisotopic (exact) mass is 208 g/mol. The zero-order valence-corrected chi connectivity index (χ0v) is 8.90. The highest BCUT2D eigenvalue weighted by atomic mass is 16.6. The third-order valence-electron chi connectivity index (χ3n) is 2.28. The molecule has 4 heteroatoms. The second kappa shape index (κ2) is 5.09. The van der Waals surface area contributed by atoms with Gasteiger partial charge in [-0.15, -0.1) is 0 Å². The summed E-state index contributed by atoms with van der Waals surface area (Å²) in [6.07, 6.45) is 0.140. The minimum Gasteiger partial charge on any atom is -0.376 e. The second-order valence-electron chi connectivity index (χ2n) is 3.61. The highest BCUT2D eigenvalue weighted by Crippen LogP contribution is 2.06. The van der Waals surface area contributed by atoms with Crippen molar-refractivity contribution in [3.05, 3.63) is 23.9 Å². The SMILES string of the molecule is Cc1cccc(NCC2COCCO2)n1. The van der Waals surface area contributed by atoms with Gasteiger partial charge in [0.25, 0.3) is 0 Å². The Bertz CT molecular complexity index is 311. The maximum Gasteiger partial charge on any atom is 0.126 e. The molecule has 0 spiro atoms. The molecule has 0 aromatic carbocycles. The fourth-order valence-electron chi connectivity index (χ4n) is 1.51. The van der Waals surface area contributed by atoms with Crippen LogP contribution in [0.4, 0.5) is 5.82 Å². The van der Waals surface area contributed by atoms with Gasteiger partial charge in [0.1, 0.15) is 5.82 Å². The number of nitrogens with zero attached hydrogens (tertiary/aromatic N) is 1. The summed E-state index contributed by atoms with van der Waals surface area (Å²) in [5, 5.41) is 3.24. The normalized spacial score (nSPS) is 21.3. The van der Waals surface area contributed by atoms with Crippen LogP contribution in [0.2, 0.25) is 0 Å². The Hall–Kier alpha value is -1.13. The van der Waals surface area contributed by atoms with Crippen LogP contribution >= 0.6 is 0 Å². The Morgan fingerprint density at radius 2 is 2.40 bits per heavy atom. The number of ether oxygens (including phenoxy) is 2. The Balaban J connectivity index is 1.81. The van der Waals surface area contributed by atoms with Gasteiger partial charge in [-0.25, -0.2) is 4.98 Å². The molecule has 4 nitrogen and oxygen atoms in total. The molecule has 0 saturated carbocycles. The average Bonchev–Trinajstić information content (AvgIpc) is 2.28. The number of aromatic nitrogens is 1. The van der Waals surface area contributed by atoms with Gasteiger partial charge in [-0.3, -0.25) is 0 Å². The molecule has 0 amide bonds. The Labute approximate surface area is 89.6 Å². The van der Waals surface area contributed by atoms with Crippen molar-refractivity contribution in [1.29, 1.82) is 0 Å². The van der Waals surface area contributed by atoms with E-state index >= 15 is 0 Å². The molecule has 0 bridgehead atoms. The van der Waals surface area contributed by atoms with Crippen LogP contribution in [0, 0.1) is 6.92 Å². The molecule has 1 atom stereocenters. The molecule has 1 aromatic rings. The number of hydrogen-bond acceptors (Lipinski definition) is 4. The smallest absolute Gasteiger partial charge is 0.126 e. The maximum atomic E-state index is 5.51.